The molecule has 0 amide bonds. The van der Waals surface area contributed by atoms with Crippen molar-refractivity contribution in [3.05, 3.63) is 64.4 Å². The maximum absolute atomic E-state index is 15.1. The van der Waals surface area contributed by atoms with E-state index in [-0.39, 0.29) is 18.1 Å². The monoisotopic (exact) mass is 527 g/mol. The Morgan fingerprint density at radius 2 is 1.82 bits per heavy atom. The molecule has 0 fully saturated rings. The van der Waals surface area contributed by atoms with Crippen molar-refractivity contribution in [1.29, 1.82) is 0 Å². The molecule has 0 heterocycles. The van der Waals surface area contributed by atoms with E-state index in [1.807, 2.05) is 0 Å². The first-order chi connectivity index (χ1) is 15.5. The van der Waals surface area contributed by atoms with Crippen LogP contribution in [-0.2, 0) is 32.4 Å². The lowest BCUT2D eigenvalue weighted by Gasteiger charge is -2.21. The molecule has 0 saturated carbocycles. The number of sulfone groups is 1. The maximum atomic E-state index is 15.1. The van der Waals surface area contributed by atoms with Gasteiger partial charge < -0.3 is 4.74 Å². The van der Waals surface area contributed by atoms with Gasteiger partial charge in [0.1, 0.15) is 12.2 Å². The van der Waals surface area contributed by atoms with E-state index in [4.69, 9.17) is 16.3 Å². The van der Waals surface area contributed by atoms with Crippen molar-refractivity contribution >= 4 is 44.4 Å². The summed E-state index contributed by atoms with van der Waals surface area (Å²) in [6.45, 7) is -0.570. The predicted octanol–water partition coefficient (Wildman–Crippen LogP) is 4.24. The number of carbonyl (C=O) groups is 1. The molecule has 0 aliphatic carbocycles. The number of benzene rings is 2. The highest BCUT2D eigenvalue weighted by molar-refractivity contribution is 7.91. The molecule has 13 heteroatoms. The summed E-state index contributed by atoms with van der Waals surface area (Å²) >= 11 is 3.17. The van der Waals surface area contributed by atoms with Crippen LogP contribution >= 0.6 is 11.6 Å². The van der Waals surface area contributed by atoms with Crippen LogP contribution < -0.4 is 4.31 Å². The zero-order chi connectivity index (χ0) is 24.6. The van der Waals surface area contributed by atoms with Crippen molar-refractivity contribution in [2.75, 3.05) is 22.4 Å². The molecule has 0 radical (unpaired) electrons. The molecule has 1 unspecified atom stereocenters. The quantitative estimate of drug-likeness (QED) is 0.327. The van der Waals surface area contributed by atoms with Gasteiger partial charge in [0.05, 0.1) is 22.2 Å². The minimum atomic E-state index is -3.83. The summed E-state index contributed by atoms with van der Waals surface area (Å²) in [6, 6.07) is 10.8. The SMILES string of the molecule is O=C(OCc1ccccc1)c1c(Cl)ccc(N(CCCS(=O)(=O)CCC(F)F)S(=O)O)c1F. The van der Waals surface area contributed by atoms with Gasteiger partial charge in [-0.25, -0.2) is 30.6 Å². The van der Waals surface area contributed by atoms with E-state index in [1.54, 1.807) is 30.3 Å². The first-order valence-corrected chi connectivity index (χ1v) is 12.8. The predicted molar refractivity (Wildman–Crippen MR) is 119 cm³/mol. The molecule has 0 saturated heterocycles. The van der Waals surface area contributed by atoms with Gasteiger partial charge in [0.15, 0.2) is 15.7 Å². The van der Waals surface area contributed by atoms with Crippen LogP contribution in [0.2, 0.25) is 5.02 Å². The lowest BCUT2D eigenvalue weighted by atomic mass is 10.1. The topological polar surface area (TPSA) is 101 Å². The van der Waals surface area contributed by atoms with Gasteiger partial charge in [-0.2, -0.15) is 0 Å². The van der Waals surface area contributed by atoms with E-state index >= 15 is 4.39 Å². The van der Waals surface area contributed by atoms with E-state index in [0.29, 0.717) is 9.87 Å². The van der Waals surface area contributed by atoms with Crippen LogP contribution in [0.3, 0.4) is 0 Å². The van der Waals surface area contributed by atoms with Gasteiger partial charge in [0, 0.05) is 13.0 Å². The van der Waals surface area contributed by atoms with Crippen LogP contribution in [-0.4, -0.2) is 47.6 Å². The van der Waals surface area contributed by atoms with Gasteiger partial charge in [0.2, 0.25) is 6.43 Å². The van der Waals surface area contributed by atoms with Gasteiger partial charge in [-0.15, -0.1) is 0 Å². The molecule has 2 aromatic rings. The summed E-state index contributed by atoms with van der Waals surface area (Å²) in [4.78, 5) is 12.4. The van der Waals surface area contributed by atoms with E-state index in [2.05, 4.69) is 0 Å². The smallest absolute Gasteiger partial charge is 0.343 e. The van der Waals surface area contributed by atoms with Crippen molar-refractivity contribution in [3.63, 3.8) is 0 Å². The number of carbonyl (C=O) groups excluding carboxylic acids is 1. The summed E-state index contributed by atoms with van der Waals surface area (Å²) < 4.78 is 90.3. The van der Waals surface area contributed by atoms with Crippen LogP contribution in [0.15, 0.2) is 42.5 Å². The molecule has 7 nitrogen and oxygen atoms in total. The van der Waals surface area contributed by atoms with Crippen molar-refractivity contribution in [2.45, 2.75) is 25.9 Å². The third-order valence-electron chi connectivity index (χ3n) is 4.41. The first kappa shape index (κ1) is 27.1. The number of hydrogen-bond acceptors (Lipinski definition) is 5. The van der Waals surface area contributed by atoms with Crippen molar-refractivity contribution < 1.29 is 39.9 Å². The van der Waals surface area contributed by atoms with E-state index < -0.39 is 75.0 Å². The Morgan fingerprint density at radius 3 is 2.42 bits per heavy atom. The van der Waals surface area contributed by atoms with Gasteiger partial charge in [-0.3, -0.25) is 8.86 Å². The fourth-order valence-corrected chi connectivity index (χ4v) is 4.93. The number of ether oxygens (including phenoxy) is 1. The molecule has 182 valence electrons. The van der Waals surface area contributed by atoms with Crippen LogP contribution in [0.5, 0.6) is 0 Å². The maximum Gasteiger partial charge on any atom is 0.343 e. The lowest BCUT2D eigenvalue weighted by molar-refractivity contribution is 0.0467. The molecular formula is C20H21ClF3NO6S2. The number of rotatable bonds is 12. The highest BCUT2D eigenvalue weighted by Gasteiger charge is 2.26. The number of nitrogens with zero attached hydrogens (tertiary/aromatic N) is 1. The van der Waals surface area contributed by atoms with Crippen LogP contribution in [0.4, 0.5) is 18.9 Å². The molecule has 33 heavy (non-hydrogen) atoms. The molecule has 2 rings (SSSR count). The van der Waals surface area contributed by atoms with Crippen molar-refractivity contribution in [2.24, 2.45) is 0 Å². The molecule has 0 aliphatic heterocycles. The lowest BCUT2D eigenvalue weighted by Crippen LogP contribution is -2.29. The van der Waals surface area contributed by atoms with E-state index in [9.17, 15) is 30.8 Å². The average Bonchev–Trinajstić information content (AvgIpc) is 2.75. The minimum Gasteiger partial charge on any atom is -0.457 e. The molecular weight excluding hydrogens is 507 g/mol. The molecule has 0 aliphatic rings. The van der Waals surface area contributed by atoms with Crippen LogP contribution in [0.1, 0.15) is 28.8 Å². The molecule has 0 aromatic heterocycles. The Morgan fingerprint density at radius 1 is 1.15 bits per heavy atom. The third kappa shape index (κ3) is 8.29. The summed E-state index contributed by atoms with van der Waals surface area (Å²) in [6.07, 6.45) is -3.84. The summed E-state index contributed by atoms with van der Waals surface area (Å²) in [7, 11) is -3.83. The summed E-state index contributed by atoms with van der Waals surface area (Å²) in [5, 5.41) is -0.285. The molecule has 0 bridgehead atoms. The highest BCUT2D eigenvalue weighted by atomic mass is 35.5. The fraction of sp³-hybridized carbons (Fsp3) is 0.350. The number of esters is 1. The second kappa shape index (κ2) is 12.4. The van der Waals surface area contributed by atoms with Crippen molar-refractivity contribution in [3.8, 4) is 0 Å². The second-order valence-electron chi connectivity index (χ2n) is 6.84. The minimum absolute atomic E-state index is 0.161. The van der Waals surface area contributed by atoms with Crippen LogP contribution in [0.25, 0.3) is 0 Å². The zero-order valence-electron chi connectivity index (χ0n) is 17.1. The summed E-state index contributed by atoms with van der Waals surface area (Å²) in [5.74, 6) is -3.60. The molecule has 1 atom stereocenters. The Balaban J connectivity index is 2.15. The normalized spacial score (nSPS) is 12.5. The van der Waals surface area contributed by atoms with Gasteiger partial charge in [-0.05, 0) is 24.1 Å². The largest absolute Gasteiger partial charge is 0.457 e. The standard InChI is InChI=1S/C20H21ClF3NO6S2/c21-15-7-8-16(19(24)18(15)20(26)31-13-14-5-2-1-3-6-14)25(32(27)28)10-4-11-33(29,30)12-9-17(22)23/h1-3,5-8,17H,4,9-13H2,(H,27,28). The molecule has 2 aromatic carbocycles. The number of anilines is 1. The highest BCUT2D eigenvalue weighted by Crippen LogP contribution is 2.30. The summed E-state index contributed by atoms with van der Waals surface area (Å²) in [5.41, 5.74) is -0.480. The Labute approximate surface area is 196 Å². The van der Waals surface area contributed by atoms with Gasteiger partial charge in [-0.1, -0.05) is 41.9 Å². The zero-order valence-corrected chi connectivity index (χ0v) is 19.5. The molecule has 0 spiro atoms. The Hall–Kier alpha value is -2.15. The van der Waals surface area contributed by atoms with Crippen molar-refractivity contribution in [1.82, 2.24) is 0 Å². The number of alkyl halides is 2. The van der Waals surface area contributed by atoms with E-state index in [0.717, 1.165) is 12.1 Å². The average molecular weight is 528 g/mol. The van der Waals surface area contributed by atoms with E-state index in [1.165, 1.54) is 0 Å². The number of halogens is 4. The van der Waals surface area contributed by atoms with Gasteiger partial charge >= 0.3 is 5.97 Å². The Kier molecular flexibility index (Phi) is 10.1. The molecule has 1 N–H and O–H groups in total. The Bertz CT molecular complexity index is 1090. The third-order valence-corrected chi connectivity index (χ3v) is 7.25. The second-order valence-corrected chi connectivity index (χ2v) is 10.4. The number of hydrogen-bond donors (Lipinski definition) is 1. The van der Waals surface area contributed by atoms with Crippen LogP contribution in [0, 0.1) is 5.82 Å². The fourth-order valence-electron chi connectivity index (χ4n) is 2.80. The van der Waals surface area contributed by atoms with Gasteiger partial charge in [0.25, 0.3) is 11.3 Å². The first-order valence-electron chi connectivity index (χ1n) is 9.58.